The second-order valence-electron chi connectivity index (χ2n) is 6.85. The van der Waals surface area contributed by atoms with E-state index in [1.807, 2.05) is 48.5 Å². The lowest BCUT2D eigenvalue weighted by molar-refractivity contribution is 0.0691. The molecule has 3 aromatic rings. The van der Waals surface area contributed by atoms with Crippen LogP contribution in [0.2, 0.25) is 0 Å². The number of nitrogens with one attached hydrogen (secondary N) is 1. The number of aromatic nitrogens is 1. The average Bonchev–Trinajstić information content (AvgIpc) is 2.77. The van der Waals surface area contributed by atoms with Crippen molar-refractivity contribution in [3.05, 3.63) is 94.3 Å². The predicted octanol–water partition coefficient (Wildman–Crippen LogP) is 3.76. The molecule has 0 atom stereocenters. The number of hydrogen-bond acceptors (Lipinski definition) is 3. The summed E-state index contributed by atoms with van der Waals surface area (Å²) in [6.45, 7) is 1.44. The molecule has 0 fully saturated rings. The minimum Gasteiger partial charge on any atom is -0.383 e. The van der Waals surface area contributed by atoms with Gasteiger partial charge < -0.3 is 14.6 Å². The van der Waals surface area contributed by atoms with Gasteiger partial charge in [0.05, 0.1) is 6.61 Å². The number of carbonyl (C=O) groups is 1. The maximum atomic E-state index is 13.0. The summed E-state index contributed by atoms with van der Waals surface area (Å²) in [5.74, 6) is -0.268. The van der Waals surface area contributed by atoms with E-state index in [9.17, 15) is 9.59 Å². The highest BCUT2D eigenvalue weighted by Gasteiger charge is 2.19. The Hall–Kier alpha value is -3.18. The monoisotopic (exact) mass is 390 g/mol. The number of aryl methyl sites for hydroxylation is 1. The van der Waals surface area contributed by atoms with Gasteiger partial charge in [0.15, 0.2) is 0 Å². The van der Waals surface area contributed by atoms with Crippen molar-refractivity contribution < 1.29 is 9.53 Å². The molecule has 1 N–H and O–H groups in total. The van der Waals surface area contributed by atoms with Crippen LogP contribution in [0.25, 0.3) is 11.3 Å². The Morgan fingerprint density at radius 1 is 0.931 bits per heavy atom. The summed E-state index contributed by atoms with van der Waals surface area (Å²) in [6.07, 6.45) is 1.69. The second kappa shape index (κ2) is 10.4. The summed E-state index contributed by atoms with van der Waals surface area (Å²) in [5.41, 5.74) is 2.61. The second-order valence-corrected chi connectivity index (χ2v) is 6.85. The zero-order chi connectivity index (χ0) is 20.5. The van der Waals surface area contributed by atoms with Crippen molar-refractivity contribution in [1.82, 2.24) is 9.88 Å². The maximum absolute atomic E-state index is 13.0. The summed E-state index contributed by atoms with van der Waals surface area (Å²) in [7, 11) is 1.61. The van der Waals surface area contributed by atoms with Crippen molar-refractivity contribution in [1.29, 1.82) is 0 Å². The third-order valence-electron chi connectivity index (χ3n) is 4.81. The fourth-order valence-electron chi connectivity index (χ4n) is 3.23. The van der Waals surface area contributed by atoms with E-state index in [4.69, 9.17) is 4.74 Å². The highest BCUT2D eigenvalue weighted by atomic mass is 16.5. The van der Waals surface area contributed by atoms with Gasteiger partial charge in [0.25, 0.3) is 11.5 Å². The van der Waals surface area contributed by atoms with Crippen LogP contribution in [0.5, 0.6) is 0 Å². The Labute approximate surface area is 171 Å². The molecule has 0 unspecified atom stereocenters. The van der Waals surface area contributed by atoms with Crippen molar-refractivity contribution in [3.63, 3.8) is 0 Å². The summed E-state index contributed by atoms with van der Waals surface area (Å²) >= 11 is 0. The number of hydrogen-bond donors (Lipinski definition) is 1. The van der Waals surface area contributed by atoms with Gasteiger partial charge in [0.2, 0.25) is 0 Å². The smallest absolute Gasteiger partial charge is 0.261 e. The first kappa shape index (κ1) is 20.6. The largest absolute Gasteiger partial charge is 0.383 e. The zero-order valence-electron chi connectivity index (χ0n) is 16.6. The van der Waals surface area contributed by atoms with Gasteiger partial charge in [0.1, 0.15) is 5.56 Å². The van der Waals surface area contributed by atoms with Crippen molar-refractivity contribution in [3.8, 4) is 11.3 Å². The number of aromatic amines is 1. The van der Waals surface area contributed by atoms with E-state index in [1.165, 1.54) is 5.56 Å². The van der Waals surface area contributed by atoms with Crippen LogP contribution in [0.15, 0.2) is 77.6 Å². The molecule has 0 aliphatic heterocycles. The van der Waals surface area contributed by atoms with Crippen LogP contribution in [0, 0.1) is 0 Å². The average molecular weight is 390 g/mol. The van der Waals surface area contributed by atoms with E-state index in [1.54, 1.807) is 24.1 Å². The maximum Gasteiger partial charge on any atom is 0.261 e. The molecule has 1 heterocycles. The Bertz CT molecular complexity index is 968. The minimum absolute atomic E-state index is 0.153. The van der Waals surface area contributed by atoms with Gasteiger partial charge in [-0.15, -0.1) is 0 Å². The first-order valence-corrected chi connectivity index (χ1v) is 9.80. The lowest BCUT2D eigenvalue weighted by Gasteiger charge is -2.22. The van der Waals surface area contributed by atoms with E-state index in [2.05, 4.69) is 17.1 Å². The summed E-state index contributed by atoms with van der Waals surface area (Å²) in [5, 5.41) is 0. The molecule has 0 saturated heterocycles. The highest BCUT2D eigenvalue weighted by molar-refractivity contribution is 5.94. The van der Waals surface area contributed by atoms with Gasteiger partial charge in [-0.3, -0.25) is 9.59 Å². The molecule has 0 saturated carbocycles. The van der Waals surface area contributed by atoms with Crippen molar-refractivity contribution in [2.24, 2.45) is 0 Å². The number of carbonyl (C=O) groups excluding carboxylic acids is 1. The number of H-pyrrole nitrogens is 1. The van der Waals surface area contributed by atoms with E-state index >= 15 is 0 Å². The number of benzene rings is 2. The molecule has 150 valence electrons. The molecule has 3 rings (SSSR count). The van der Waals surface area contributed by atoms with E-state index < -0.39 is 0 Å². The third kappa shape index (κ3) is 5.65. The van der Waals surface area contributed by atoms with Crippen molar-refractivity contribution in [2.45, 2.75) is 12.8 Å². The quantitative estimate of drug-likeness (QED) is 0.605. The van der Waals surface area contributed by atoms with Crippen LogP contribution in [-0.2, 0) is 11.2 Å². The molecular weight excluding hydrogens is 364 g/mol. The summed E-state index contributed by atoms with van der Waals surface area (Å²) in [6, 6.07) is 23.1. The lowest BCUT2D eigenvalue weighted by Crippen LogP contribution is -2.38. The van der Waals surface area contributed by atoms with E-state index in [0.717, 1.165) is 18.4 Å². The molecule has 0 spiro atoms. The molecule has 0 aliphatic carbocycles. The van der Waals surface area contributed by atoms with Gasteiger partial charge in [-0.2, -0.15) is 0 Å². The molecule has 0 aliphatic rings. The van der Waals surface area contributed by atoms with Gasteiger partial charge in [-0.05, 0) is 36.1 Å². The summed E-state index contributed by atoms with van der Waals surface area (Å²) in [4.78, 5) is 30.1. The summed E-state index contributed by atoms with van der Waals surface area (Å²) < 4.78 is 5.15. The van der Waals surface area contributed by atoms with Crippen molar-refractivity contribution >= 4 is 5.91 Å². The van der Waals surface area contributed by atoms with E-state index in [-0.39, 0.29) is 17.0 Å². The number of ether oxygens (including phenoxy) is 1. The molecule has 2 aromatic carbocycles. The number of pyridine rings is 1. The van der Waals surface area contributed by atoms with Crippen LogP contribution in [0.3, 0.4) is 0 Å². The van der Waals surface area contributed by atoms with E-state index in [0.29, 0.717) is 25.4 Å². The lowest BCUT2D eigenvalue weighted by atomic mass is 10.1. The molecule has 0 radical (unpaired) electrons. The molecule has 0 bridgehead atoms. The van der Waals surface area contributed by atoms with Crippen LogP contribution in [0.4, 0.5) is 0 Å². The Morgan fingerprint density at radius 2 is 1.62 bits per heavy atom. The fourth-order valence-corrected chi connectivity index (χ4v) is 3.23. The zero-order valence-corrected chi connectivity index (χ0v) is 16.6. The van der Waals surface area contributed by atoms with Crippen molar-refractivity contribution in [2.75, 3.05) is 26.8 Å². The SMILES string of the molecule is COCCN(CCCc1ccccc1)C(=O)c1ccc(-c2ccccc2)[nH]c1=O. The number of amides is 1. The molecule has 29 heavy (non-hydrogen) atoms. The van der Waals surface area contributed by atoms with Gasteiger partial charge in [0, 0.05) is 25.9 Å². The standard InChI is InChI=1S/C24H26N2O3/c1-29-18-17-26(16-8-11-19-9-4-2-5-10-19)24(28)21-14-15-22(25-23(21)27)20-12-6-3-7-13-20/h2-7,9-10,12-15H,8,11,16-18H2,1H3,(H,25,27). The van der Waals surface area contributed by atoms with Gasteiger partial charge >= 0.3 is 0 Å². The highest BCUT2D eigenvalue weighted by Crippen LogP contribution is 2.15. The fraction of sp³-hybridized carbons (Fsp3) is 0.250. The van der Waals surface area contributed by atoms with Crippen LogP contribution in [0.1, 0.15) is 22.3 Å². The Morgan fingerprint density at radius 3 is 2.28 bits per heavy atom. The number of nitrogens with zero attached hydrogens (tertiary/aromatic N) is 1. The number of rotatable bonds is 9. The Balaban J connectivity index is 1.72. The van der Waals surface area contributed by atoms with Gasteiger partial charge in [-0.1, -0.05) is 60.7 Å². The van der Waals surface area contributed by atoms with Crippen LogP contribution in [-0.4, -0.2) is 42.6 Å². The predicted molar refractivity (Wildman–Crippen MR) is 115 cm³/mol. The molecule has 1 amide bonds. The normalized spacial score (nSPS) is 10.7. The number of methoxy groups -OCH3 is 1. The van der Waals surface area contributed by atoms with Gasteiger partial charge in [-0.25, -0.2) is 0 Å². The van der Waals surface area contributed by atoms with Crippen LogP contribution >= 0.6 is 0 Å². The third-order valence-corrected chi connectivity index (χ3v) is 4.81. The first-order valence-electron chi connectivity index (χ1n) is 9.80. The van der Waals surface area contributed by atoms with Crippen LogP contribution < -0.4 is 5.56 Å². The molecule has 5 heteroatoms. The molecule has 1 aromatic heterocycles. The minimum atomic E-state index is -0.373. The first-order chi connectivity index (χ1) is 14.2. The topological polar surface area (TPSA) is 62.4 Å². The molecular formula is C24H26N2O3. The Kier molecular flexibility index (Phi) is 7.36. The molecule has 5 nitrogen and oxygen atoms in total.